The van der Waals surface area contributed by atoms with Crippen molar-refractivity contribution >= 4 is 16.9 Å². The van der Waals surface area contributed by atoms with E-state index in [-0.39, 0.29) is 17.9 Å². The first-order valence-corrected chi connectivity index (χ1v) is 8.79. The normalized spacial score (nSPS) is 18.8. The lowest BCUT2D eigenvalue weighted by Gasteiger charge is -2.32. The topological polar surface area (TPSA) is 63.1 Å². The zero-order chi connectivity index (χ0) is 17.4. The fraction of sp³-hybridized carbons (Fsp3) is 0.611. The lowest BCUT2D eigenvalue weighted by atomic mass is 10.0. The van der Waals surface area contributed by atoms with Gasteiger partial charge in [-0.1, -0.05) is 13.8 Å². The summed E-state index contributed by atoms with van der Waals surface area (Å²) >= 11 is 0. The first-order valence-electron chi connectivity index (χ1n) is 8.79. The maximum Gasteiger partial charge on any atom is 0.254 e. The average Bonchev–Trinajstić information content (AvgIpc) is 2.97. The molecule has 1 saturated heterocycles. The number of hydrogen-bond acceptors (Lipinski definition) is 4. The maximum atomic E-state index is 13.1. The highest BCUT2D eigenvalue weighted by Gasteiger charge is 2.25. The van der Waals surface area contributed by atoms with Crippen LogP contribution in [0.25, 0.3) is 11.0 Å². The number of rotatable bonds is 3. The quantitative estimate of drug-likeness (QED) is 0.940. The zero-order valence-electron chi connectivity index (χ0n) is 15.2. The highest BCUT2D eigenvalue weighted by Crippen LogP contribution is 2.25. The summed E-state index contributed by atoms with van der Waals surface area (Å²) < 4.78 is 1.90. The van der Waals surface area contributed by atoms with Gasteiger partial charge < -0.3 is 10.2 Å². The minimum absolute atomic E-state index is 0.0842. The van der Waals surface area contributed by atoms with Crippen molar-refractivity contribution < 1.29 is 4.79 Å². The Bertz CT molecular complexity index is 749. The molecule has 1 fully saturated rings. The van der Waals surface area contributed by atoms with Gasteiger partial charge in [-0.15, -0.1) is 0 Å². The largest absolute Gasteiger partial charge is 0.336 e. The molecule has 1 N–H and O–H groups in total. The van der Waals surface area contributed by atoms with Gasteiger partial charge in [0.1, 0.15) is 0 Å². The highest BCUT2D eigenvalue weighted by atomic mass is 16.2. The number of piperazine rings is 1. The van der Waals surface area contributed by atoms with Crippen LogP contribution in [-0.4, -0.2) is 51.2 Å². The van der Waals surface area contributed by atoms with Crippen LogP contribution in [-0.2, 0) is 0 Å². The van der Waals surface area contributed by atoms with Crippen LogP contribution in [0.3, 0.4) is 0 Å². The van der Waals surface area contributed by atoms with Gasteiger partial charge >= 0.3 is 0 Å². The number of nitrogens with zero attached hydrogens (tertiary/aromatic N) is 4. The minimum atomic E-state index is 0.0842. The number of carbonyl (C=O) groups excluding carboxylic acids is 1. The molecule has 130 valence electrons. The molecule has 0 aliphatic carbocycles. The van der Waals surface area contributed by atoms with Crippen LogP contribution in [0, 0.1) is 0 Å². The Labute approximate surface area is 143 Å². The monoisotopic (exact) mass is 329 g/mol. The van der Waals surface area contributed by atoms with E-state index >= 15 is 0 Å². The third kappa shape index (κ3) is 3.02. The predicted octanol–water partition coefficient (Wildman–Crippen LogP) is 2.57. The van der Waals surface area contributed by atoms with Gasteiger partial charge in [0.2, 0.25) is 0 Å². The van der Waals surface area contributed by atoms with E-state index < -0.39 is 0 Å². The number of fused-ring (bicyclic) bond motifs is 1. The molecule has 0 radical (unpaired) electrons. The number of amides is 1. The van der Waals surface area contributed by atoms with E-state index in [9.17, 15) is 4.79 Å². The molecular weight excluding hydrogens is 302 g/mol. The van der Waals surface area contributed by atoms with Gasteiger partial charge in [0, 0.05) is 37.4 Å². The molecule has 6 nitrogen and oxygen atoms in total. The molecule has 0 aromatic carbocycles. The summed E-state index contributed by atoms with van der Waals surface area (Å²) in [4.78, 5) is 19.9. The van der Waals surface area contributed by atoms with Crippen molar-refractivity contribution in [3.63, 3.8) is 0 Å². The number of hydrogen-bond donors (Lipinski definition) is 1. The molecule has 2 aromatic rings. The Morgan fingerprint density at radius 2 is 2.08 bits per heavy atom. The van der Waals surface area contributed by atoms with Crippen LogP contribution in [0.4, 0.5) is 0 Å². The Morgan fingerprint density at radius 1 is 1.33 bits per heavy atom. The van der Waals surface area contributed by atoms with Crippen molar-refractivity contribution in [2.24, 2.45) is 0 Å². The zero-order valence-corrected chi connectivity index (χ0v) is 15.2. The maximum absolute atomic E-state index is 13.1. The van der Waals surface area contributed by atoms with Gasteiger partial charge in [-0.3, -0.25) is 4.79 Å². The molecule has 2 aromatic heterocycles. The van der Waals surface area contributed by atoms with Crippen LogP contribution in [0.1, 0.15) is 62.6 Å². The van der Waals surface area contributed by atoms with E-state index in [4.69, 9.17) is 4.98 Å². The molecule has 0 spiro atoms. The lowest BCUT2D eigenvalue weighted by Crippen LogP contribution is -2.51. The van der Waals surface area contributed by atoms with Crippen LogP contribution >= 0.6 is 0 Å². The van der Waals surface area contributed by atoms with Gasteiger partial charge in [-0.25, -0.2) is 9.67 Å². The summed E-state index contributed by atoms with van der Waals surface area (Å²) in [5.41, 5.74) is 2.48. The van der Waals surface area contributed by atoms with Gasteiger partial charge in [0.15, 0.2) is 5.65 Å². The smallest absolute Gasteiger partial charge is 0.254 e. The second kappa shape index (κ2) is 6.51. The predicted molar refractivity (Wildman–Crippen MR) is 95.4 cm³/mol. The van der Waals surface area contributed by atoms with Gasteiger partial charge in [-0.2, -0.15) is 5.10 Å². The summed E-state index contributed by atoms with van der Waals surface area (Å²) in [5, 5.41) is 8.70. The van der Waals surface area contributed by atoms with Crippen LogP contribution in [0.2, 0.25) is 0 Å². The SMILES string of the molecule is CC(C)c1cc(C(=O)N2CCN[C@@H](C)C2)c2cnn(C(C)C)c2n1. The van der Waals surface area contributed by atoms with Gasteiger partial charge in [-0.05, 0) is 32.8 Å². The summed E-state index contributed by atoms with van der Waals surface area (Å²) in [6, 6.07) is 2.48. The molecule has 1 aliphatic heterocycles. The van der Waals surface area contributed by atoms with E-state index in [1.165, 1.54) is 0 Å². The Kier molecular flexibility index (Phi) is 4.58. The second-order valence-electron chi connectivity index (χ2n) is 7.28. The summed E-state index contributed by atoms with van der Waals surface area (Å²) in [5.74, 6) is 0.347. The first kappa shape index (κ1) is 16.9. The van der Waals surface area contributed by atoms with E-state index in [1.54, 1.807) is 6.20 Å². The molecular formula is C18H27N5O. The highest BCUT2D eigenvalue weighted by molar-refractivity contribution is 6.05. The molecule has 24 heavy (non-hydrogen) atoms. The third-order valence-corrected chi connectivity index (χ3v) is 4.55. The first-order chi connectivity index (χ1) is 11.4. The average molecular weight is 329 g/mol. The third-order valence-electron chi connectivity index (χ3n) is 4.55. The number of carbonyl (C=O) groups is 1. The van der Waals surface area contributed by atoms with Crippen molar-refractivity contribution in [3.05, 3.63) is 23.5 Å². The van der Waals surface area contributed by atoms with Crippen molar-refractivity contribution in [3.8, 4) is 0 Å². The van der Waals surface area contributed by atoms with Crippen molar-refractivity contribution in [1.29, 1.82) is 0 Å². The fourth-order valence-electron chi connectivity index (χ4n) is 3.18. The summed E-state index contributed by atoms with van der Waals surface area (Å²) in [6.07, 6.45) is 1.78. The van der Waals surface area contributed by atoms with Gasteiger partial charge in [0.05, 0.1) is 17.1 Å². The molecule has 3 rings (SSSR count). The number of pyridine rings is 1. The standard InChI is InChI=1S/C18H27N5O/c1-11(2)16-8-14(18(24)22-7-6-19-13(5)10-22)15-9-20-23(12(3)4)17(15)21-16/h8-9,11-13,19H,6-7,10H2,1-5H3/t13-/m0/s1. The number of aromatic nitrogens is 3. The molecule has 6 heteroatoms. The molecule has 0 bridgehead atoms. The molecule has 0 saturated carbocycles. The van der Waals surface area contributed by atoms with Crippen molar-refractivity contribution in [1.82, 2.24) is 25.0 Å². The van der Waals surface area contributed by atoms with Crippen LogP contribution in [0.15, 0.2) is 12.3 Å². The Morgan fingerprint density at radius 3 is 2.71 bits per heavy atom. The van der Waals surface area contributed by atoms with Crippen molar-refractivity contribution in [2.45, 2.75) is 52.6 Å². The molecule has 1 amide bonds. The Hall–Kier alpha value is -1.95. The molecule has 1 atom stereocenters. The summed E-state index contributed by atoms with van der Waals surface area (Å²) in [6.45, 7) is 12.8. The van der Waals surface area contributed by atoms with E-state index in [1.807, 2.05) is 15.6 Å². The van der Waals surface area contributed by atoms with Gasteiger partial charge in [0.25, 0.3) is 5.91 Å². The molecule has 1 aliphatic rings. The van der Waals surface area contributed by atoms with Crippen LogP contribution < -0.4 is 5.32 Å². The summed E-state index contributed by atoms with van der Waals surface area (Å²) in [7, 11) is 0. The minimum Gasteiger partial charge on any atom is -0.336 e. The molecule has 3 heterocycles. The van der Waals surface area contributed by atoms with E-state index in [0.717, 1.165) is 41.9 Å². The second-order valence-corrected chi connectivity index (χ2v) is 7.28. The van der Waals surface area contributed by atoms with Crippen molar-refractivity contribution in [2.75, 3.05) is 19.6 Å². The van der Waals surface area contributed by atoms with Crippen LogP contribution in [0.5, 0.6) is 0 Å². The number of nitrogens with one attached hydrogen (secondary N) is 1. The lowest BCUT2D eigenvalue weighted by molar-refractivity contribution is 0.0711. The fourth-order valence-corrected chi connectivity index (χ4v) is 3.18. The van der Waals surface area contributed by atoms with E-state index in [2.05, 4.69) is 45.0 Å². The Balaban J connectivity index is 2.10. The molecule has 0 unspecified atom stereocenters. The van der Waals surface area contributed by atoms with E-state index in [0.29, 0.717) is 6.04 Å².